The largest absolute Gasteiger partial charge is 0.466 e. The number of carbonyl (C=O) groups excluding carboxylic acids is 2. The fraction of sp³-hybridized carbons (Fsp3) is 0.500. The molecule has 2 rings (SSSR count). The monoisotopic (exact) mass is 358 g/mol. The van der Waals surface area contributed by atoms with Crippen LogP contribution >= 0.6 is 23.2 Å². The van der Waals surface area contributed by atoms with Crippen LogP contribution in [0.4, 0.5) is 4.79 Å². The van der Waals surface area contributed by atoms with E-state index in [1.54, 1.807) is 30.0 Å². The van der Waals surface area contributed by atoms with E-state index in [0.717, 1.165) is 5.56 Å². The van der Waals surface area contributed by atoms with Gasteiger partial charge in [-0.3, -0.25) is 4.79 Å². The average Bonchev–Trinajstić information content (AvgIpc) is 2.54. The van der Waals surface area contributed by atoms with Crippen LogP contribution in [0.25, 0.3) is 0 Å². The summed E-state index contributed by atoms with van der Waals surface area (Å²) < 4.78 is 5.02. The number of urea groups is 1. The van der Waals surface area contributed by atoms with E-state index in [0.29, 0.717) is 49.1 Å². The SMILES string of the molecule is CCOC(=O)C1CCN(C(=O)NCc2ccc(Cl)cc2Cl)CC1. The third-order valence-corrected chi connectivity index (χ3v) is 4.43. The number of likely N-dealkylation sites (tertiary alicyclic amines) is 1. The van der Waals surface area contributed by atoms with Gasteiger partial charge in [-0.05, 0) is 37.5 Å². The van der Waals surface area contributed by atoms with Crippen LogP contribution in [0.1, 0.15) is 25.3 Å². The number of carbonyl (C=O) groups is 2. The van der Waals surface area contributed by atoms with Gasteiger partial charge in [-0.15, -0.1) is 0 Å². The average molecular weight is 359 g/mol. The van der Waals surface area contributed by atoms with Gasteiger partial charge in [0, 0.05) is 29.7 Å². The van der Waals surface area contributed by atoms with Gasteiger partial charge in [0.1, 0.15) is 0 Å². The van der Waals surface area contributed by atoms with Crippen molar-refractivity contribution in [3.8, 4) is 0 Å². The second kappa shape index (κ2) is 8.41. The van der Waals surface area contributed by atoms with Crippen molar-refractivity contribution in [2.45, 2.75) is 26.3 Å². The molecule has 1 aromatic carbocycles. The van der Waals surface area contributed by atoms with Gasteiger partial charge in [-0.25, -0.2) is 4.79 Å². The normalized spacial score (nSPS) is 15.3. The second-order valence-electron chi connectivity index (χ2n) is 5.41. The van der Waals surface area contributed by atoms with Gasteiger partial charge < -0.3 is 15.0 Å². The van der Waals surface area contributed by atoms with Crippen molar-refractivity contribution in [2.75, 3.05) is 19.7 Å². The van der Waals surface area contributed by atoms with Crippen LogP contribution in [0.2, 0.25) is 10.0 Å². The molecule has 0 unspecified atom stereocenters. The summed E-state index contributed by atoms with van der Waals surface area (Å²) in [6.07, 6.45) is 1.27. The lowest BCUT2D eigenvalue weighted by atomic mass is 9.97. The fourth-order valence-electron chi connectivity index (χ4n) is 2.53. The highest BCUT2D eigenvalue weighted by molar-refractivity contribution is 6.35. The van der Waals surface area contributed by atoms with Crippen LogP contribution in [0, 0.1) is 5.92 Å². The Bertz CT molecular complexity index is 572. The number of hydrogen-bond donors (Lipinski definition) is 1. The first kappa shape index (κ1) is 17.9. The number of piperidine rings is 1. The molecule has 1 aliphatic rings. The molecule has 0 aromatic heterocycles. The van der Waals surface area contributed by atoms with Gasteiger partial charge in [0.15, 0.2) is 0 Å². The molecule has 1 N–H and O–H groups in total. The van der Waals surface area contributed by atoms with Crippen molar-refractivity contribution in [3.05, 3.63) is 33.8 Å². The number of benzene rings is 1. The van der Waals surface area contributed by atoms with E-state index in [2.05, 4.69) is 5.32 Å². The molecule has 0 radical (unpaired) electrons. The van der Waals surface area contributed by atoms with E-state index in [1.165, 1.54) is 0 Å². The summed E-state index contributed by atoms with van der Waals surface area (Å²) in [5.74, 6) is -0.273. The summed E-state index contributed by atoms with van der Waals surface area (Å²) in [6, 6.07) is 5.02. The highest BCUT2D eigenvalue weighted by Gasteiger charge is 2.28. The highest BCUT2D eigenvalue weighted by Crippen LogP contribution is 2.21. The number of amides is 2. The highest BCUT2D eigenvalue weighted by atomic mass is 35.5. The molecule has 0 bridgehead atoms. The summed E-state index contributed by atoms with van der Waals surface area (Å²) >= 11 is 11.9. The summed E-state index contributed by atoms with van der Waals surface area (Å²) in [4.78, 5) is 25.6. The zero-order valence-electron chi connectivity index (χ0n) is 13.0. The third-order valence-electron chi connectivity index (χ3n) is 3.85. The minimum absolute atomic E-state index is 0.107. The Morgan fingerprint density at radius 2 is 2.00 bits per heavy atom. The number of rotatable bonds is 4. The van der Waals surface area contributed by atoms with Crippen molar-refractivity contribution in [3.63, 3.8) is 0 Å². The first-order valence-corrected chi connectivity index (χ1v) is 8.40. The lowest BCUT2D eigenvalue weighted by Crippen LogP contribution is -2.45. The van der Waals surface area contributed by atoms with E-state index in [9.17, 15) is 9.59 Å². The van der Waals surface area contributed by atoms with Crippen molar-refractivity contribution < 1.29 is 14.3 Å². The molecule has 1 aliphatic heterocycles. The van der Waals surface area contributed by atoms with Gasteiger partial charge in [-0.2, -0.15) is 0 Å². The molecular weight excluding hydrogens is 339 g/mol. The molecule has 1 heterocycles. The molecule has 0 aliphatic carbocycles. The van der Waals surface area contributed by atoms with E-state index in [4.69, 9.17) is 27.9 Å². The van der Waals surface area contributed by atoms with Crippen molar-refractivity contribution in [1.29, 1.82) is 0 Å². The lowest BCUT2D eigenvalue weighted by molar-refractivity contribution is -0.149. The van der Waals surface area contributed by atoms with Crippen LogP contribution in [-0.4, -0.2) is 36.6 Å². The molecule has 5 nitrogen and oxygen atoms in total. The molecule has 23 heavy (non-hydrogen) atoms. The predicted molar refractivity (Wildman–Crippen MR) is 89.6 cm³/mol. The van der Waals surface area contributed by atoms with Gasteiger partial charge in [0.2, 0.25) is 0 Å². The topological polar surface area (TPSA) is 58.6 Å². The van der Waals surface area contributed by atoms with Gasteiger partial charge in [0.25, 0.3) is 0 Å². The molecule has 1 fully saturated rings. The second-order valence-corrected chi connectivity index (χ2v) is 6.25. The van der Waals surface area contributed by atoms with Crippen LogP contribution in [0.15, 0.2) is 18.2 Å². The van der Waals surface area contributed by atoms with Crippen LogP contribution in [-0.2, 0) is 16.1 Å². The maximum absolute atomic E-state index is 12.2. The van der Waals surface area contributed by atoms with Crippen molar-refractivity contribution in [2.24, 2.45) is 5.92 Å². The van der Waals surface area contributed by atoms with E-state index in [1.807, 2.05) is 0 Å². The summed E-state index contributed by atoms with van der Waals surface area (Å²) in [5, 5.41) is 3.93. The minimum Gasteiger partial charge on any atom is -0.466 e. The molecule has 1 aromatic rings. The van der Waals surface area contributed by atoms with Crippen LogP contribution in [0.5, 0.6) is 0 Å². The number of nitrogens with one attached hydrogen (secondary N) is 1. The Hall–Kier alpha value is -1.46. The maximum Gasteiger partial charge on any atom is 0.317 e. The number of hydrogen-bond acceptors (Lipinski definition) is 3. The predicted octanol–water partition coefficient (Wildman–Crippen LogP) is 3.48. The summed E-state index contributed by atoms with van der Waals surface area (Å²) in [6.45, 7) is 3.61. The third kappa shape index (κ3) is 5.01. The van der Waals surface area contributed by atoms with Gasteiger partial charge in [-0.1, -0.05) is 29.3 Å². The van der Waals surface area contributed by atoms with Crippen molar-refractivity contribution in [1.82, 2.24) is 10.2 Å². The Morgan fingerprint density at radius 1 is 1.30 bits per heavy atom. The van der Waals surface area contributed by atoms with Crippen molar-refractivity contribution >= 4 is 35.2 Å². The zero-order chi connectivity index (χ0) is 16.8. The summed E-state index contributed by atoms with van der Waals surface area (Å²) in [7, 11) is 0. The molecule has 0 spiro atoms. The summed E-state index contributed by atoms with van der Waals surface area (Å²) in [5.41, 5.74) is 0.811. The van der Waals surface area contributed by atoms with E-state index >= 15 is 0 Å². The fourth-order valence-corrected chi connectivity index (χ4v) is 3.00. The van der Waals surface area contributed by atoms with Crippen LogP contribution in [0.3, 0.4) is 0 Å². The Morgan fingerprint density at radius 3 is 2.61 bits per heavy atom. The van der Waals surface area contributed by atoms with Gasteiger partial charge in [0.05, 0.1) is 12.5 Å². The van der Waals surface area contributed by atoms with E-state index < -0.39 is 0 Å². The molecule has 7 heteroatoms. The Balaban J connectivity index is 1.80. The van der Waals surface area contributed by atoms with E-state index in [-0.39, 0.29) is 17.9 Å². The Kier molecular flexibility index (Phi) is 6.54. The smallest absolute Gasteiger partial charge is 0.317 e. The zero-order valence-corrected chi connectivity index (χ0v) is 14.5. The standard InChI is InChI=1S/C16H20Cl2N2O3/c1-2-23-15(21)11-5-7-20(8-6-11)16(22)19-10-12-3-4-13(17)9-14(12)18/h3-4,9,11H,2,5-8,10H2,1H3,(H,19,22). The first-order chi connectivity index (χ1) is 11.0. The molecule has 0 atom stereocenters. The molecule has 0 saturated carbocycles. The number of ether oxygens (including phenoxy) is 1. The molecule has 2 amide bonds. The quantitative estimate of drug-likeness (QED) is 0.838. The van der Waals surface area contributed by atoms with Crippen LogP contribution < -0.4 is 5.32 Å². The molecule has 126 valence electrons. The molecular formula is C16H20Cl2N2O3. The minimum atomic E-state index is -0.166. The number of nitrogens with zero attached hydrogens (tertiary/aromatic N) is 1. The first-order valence-electron chi connectivity index (χ1n) is 7.64. The lowest BCUT2D eigenvalue weighted by Gasteiger charge is -2.30. The molecule has 1 saturated heterocycles. The maximum atomic E-state index is 12.2. The number of halogens is 2. The number of esters is 1. The Labute approximate surface area is 145 Å². The van der Waals surface area contributed by atoms with Gasteiger partial charge >= 0.3 is 12.0 Å².